The molecule has 0 atom stereocenters. The average molecular weight is 296 g/mol. The number of amides is 1. The Morgan fingerprint density at radius 1 is 1.05 bits per heavy atom. The monoisotopic (exact) mass is 296 g/mol. The van der Waals surface area contributed by atoms with Crippen molar-refractivity contribution in [1.82, 2.24) is 5.43 Å². The van der Waals surface area contributed by atoms with E-state index in [2.05, 4.69) is 10.5 Å². The molecule has 2 rings (SSSR count). The van der Waals surface area contributed by atoms with E-state index in [1.54, 1.807) is 12.3 Å². The van der Waals surface area contributed by atoms with Crippen molar-refractivity contribution >= 4 is 30.0 Å². The van der Waals surface area contributed by atoms with Gasteiger partial charge in [-0.1, -0.05) is 54.6 Å². The van der Waals surface area contributed by atoms with Crippen molar-refractivity contribution in [2.75, 3.05) is 5.75 Å². The Hall–Kier alpha value is -2.33. The van der Waals surface area contributed by atoms with Gasteiger partial charge in [-0.25, -0.2) is 5.43 Å². The number of hydrazone groups is 1. The molecular weight excluding hydrogens is 280 g/mol. The highest BCUT2D eigenvalue weighted by Crippen LogP contribution is 2.15. The van der Waals surface area contributed by atoms with Crippen LogP contribution < -0.4 is 5.43 Å². The van der Waals surface area contributed by atoms with Gasteiger partial charge in [0.05, 0.1) is 5.75 Å². The third kappa shape index (κ3) is 6.10. The number of allylic oxidation sites excluding steroid dienone is 1. The summed E-state index contributed by atoms with van der Waals surface area (Å²) in [5.74, 6) is 0.234. The molecule has 0 heterocycles. The first-order valence-electron chi connectivity index (χ1n) is 6.56. The molecule has 0 aliphatic heterocycles. The topological polar surface area (TPSA) is 41.5 Å². The molecule has 0 saturated heterocycles. The molecular formula is C17H16N2OS. The van der Waals surface area contributed by atoms with Crippen molar-refractivity contribution in [3.63, 3.8) is 0 Å². The molecule has 0 bridgehead atoms. The van der Waals surface area contributed by atoms with Gasteiger partial charge >= 0.3 is 0 Å². The molecule has 0 aliphatic carbocycles. The minimum Gasteiger partial charge on any atom is -0.272 e. The zero-order valence-electron chi connectivity index (χ0n) is 11.5. The summed E-state index contributed by atoms with van der Waals surface area (Å²) in [6.45, 7) is 0. The molecule has 106 valence electrons. The quantitative estimate of drug-likeness (QED) is 0.503. The first-order chi connectivity index (χ1) is 10.3. The molecule has 0 spiro atoms. The number of nitrogens with one attached hydrogen (secondary N) is 1. The number of thioether (sulfide) groups is 1. The second kappa shape index (κ2) is 8.76. The highest BCUT2D eigenvalue weighted by atomic mass is 32.2. The number of carbonyl (C=O) groups excluding carboxylic acids is 1. The van der Waals surface area contributed by atoms with E-state index in [4.69, 9.17) is 0 Å². The van der Waals surface area contributed by atoms with Crippen LogP contribution in [-0.2, 0) is 4.79 Å². The van der Waals surface area contributed by atoms with Gasteiger partial charge in [0.15, 0.2) is 0 Å². The van der Waals surface area contributed by atoms with Gasteiger partial charge in [0, 0.05) is 11.1 Å². The average Bonchev–Trinajstić information content (AvgIpc) is 2.54. The van der Waals surface area contributed by atoms with E-state index in [9.17, 15) is 4.79 Å². The SMILES string of the molecule is O=C(CSc1ccccc1)NN=CC=Cc1ccccc1. The summed E-state index contributed by atoms with van der Waals surface area (Å²) in [6.07, 6.45) is 5.28. The van der Waals surface area contributed by atoms with E-state index < -0.39 is 0 Å². The van der Waals surface area contributed by atoms with Gasteiger partial charge in [-0.3, -0.25) is 4.79 Å². The van der Waals surface area contributed by atoms with Crippen LogP contribution in [0.4, 0.5) is 0 Å². The Morgan fingerprint density at radius 3 is 2.43 bits per heavy atom. The number of benzene rings is 2. The molecule has 2 aromatic carbocycles. The molecule has 0 radical (unpaired) electrons. The summed E-state index contributed by atoms with van der Waals surface area (Å²) >= 11 is 1.49. The zero-order valence-corrected chi connectivity index (χ0v) is 12.3. The number of hydrogen-bond donors (Lipinski definition) is 1. The van der Waals surface area contributed by atoms with Crippen LogP contribution >= 0.6 is 11.8 Å². The molecule has 1 N–H and O–H groups in total. The molecule has 0 aliphatic rings. The van der Waals surface area contributed by atoms with Gasteiger partial charge in [-0.2, -0.15) is 5.10 Å². The third-order valence-electron chi connectivity index (χ3n) is 2.55. The van der Waals surface area contributed by atoms with Crippen molar-refractivity contribution < 1.29 is 4.79 Å². The molecule has 0 unspecified atom stereocenters. The Bertz CT molecular complexity index is 609. The fourth-order valence-electron chi connectivity index (χ4n) is 1.57. The van der Waals surface area contributed by atoms with Crippen LogP contribution in [0.25, 0.3) is 6.08 Å². The lowest BCUT2D eigenvalue weighted by atomic mass is 10.2. The van der Waals surface area contributed by atoms with Crippen molar-refractivity contribution in [1.29, 1.82) is 0 Å². The van der Waals surface area contributed by atoms with Crippen molar-refractivity contribution in [3.05, 3.63) is 72.3 Å². The predicted molar refractivity (Wildman–Crippen MR) is 89.3 cm³/mol. The van der Waals surface area contributed by atoms with E-state index in [0.29, 0.717) is 5.75 Å². The summed E-state index contributed by atoms with van der Waals surface area (Å²) in [4.78, 5) is 12.6. The summed E-state index contributed by atoms with van der Waals surface area (Å²) in [7, 11) is 0. The van der Waals surface area contributed by atoms with Crippen LogP contribution in [-0.4, -0.2) is 17.9 Å². The van der Waals surface area contributed by atoms with Crippen LogP contribution in [0.2, 0.25) is 0 Å². The van der Waals surface area contributed by atoms with E-state index in [0.717, 1.165) is 10.5 Å². The van der Waals surface area contributed by atoms with Crippen molar-refractivity contribution in [3.8, 4) is 0 Å². The molecule has 0 fully saturated rings. The van der Waals surface area contributed by atoms with Gasteiger partial charge in [-0.05, 0) is 23.8 Å². The Labute approximate surface area is 128 Å². The number of hydrogen-bond acceptors (Lipinski definition) is 3. The van der Waals surface area contributed by atoms with E-state index in [1.165, 1.54) is 11.8 Å². The lowest BCUT2D eigenvalue weighted by Gasteiger charge is -1.99. The second-order valence-electron chi connectivity index (χ2n) is 4.18. The fourth-order valence-corrected chi connectivity index (χ4v) is 2.28. The molecule has 2 aromatic rings. The zero-order chi connectivity index (χ0) is 14.8. The maximum Gasteiger partial charge on any atom is 0.250 e. The number of rotatable bonds is 6. The Morgan fingerprint density at radius 2 is 1.71 bits per heavy atom. The predicted octanol–water partition coefficient (Wildman–Crippen LogP) is 3.59. The van der Waals surface area contributed by atoms with Crippen LogP contribution in [0.5, 0.6) is 0 Å². The van der Waals surface area contributed by atoms with Crippen molar-refractivity contribution in [2.24, 2.45) is 5.10 Å². The minimum atomic E-state index is -0.117. The van der Waals surface area contributed by atoms with Crippen LogP contribution in [0.1, 0.15) is 5.56 Å². The summed E-state index contributed by atoms with van der Waals surface area (Å²) in [6, 6.07) is 19.7. The van der Waals surface area contributed by atoms with E-state index in [-0.39, 0.29) is 5.91 Å². The van der Waals surface area contributed by atoms with E-state index in [1.807, 2.05) is 66.7 Å². The minimum absolute atomic E-state index is 0.117. The normalized spacial score (nSPS) is 11.0. The molecule has 21 heavy (non-hydrogen) atoms. The maximum absolute atomic E-state index is 11.6. The van der Waals surface area contributed by atoms with Gasteiger partial charge in [-0.15, -0.1) is 11.8 Å². The summed E-state index contributed by atoms with van der Waals surface area (Å²) in [5, 5.41) is 3.87. The van der Waals surface area contributed by atoms with Crippen molar-refractivity contribution in [2.45, 2.75) is 4.90 Å². The largest absolute Gasteiger partial charge is 0.272 e. The fraction of sp³-hybridized carbons (Fsp3) is 0.0588. The Kier molecular flexibility index (Phi) is 6.29. The lowest BCUT2D eigenvalue weighted by molar-refractivity contribution is -0.118. The smallest absolute Gasteiger partial charge is 0.250 e. The first kappa shape index (κ1) is 15.1. The third-order valence-corrected chi connectivity index (χ3v) is 3.56. The molecule has 3 nitrogen and oxygen atoms in total. The van der Waals surface area contributed by atoms with Gasteiger partial charge in [0.2, 0.25) is 5.91 Å². The summed E-state index contributed by atoms with van der Waals surface area (Å²) in [5.41, 5.74) is 3.59. The first-order valence-corrected chi connectivity index (χ1v) is 7.54. The maximum atomic E-state index is 11.6. The lowest BCUT2D eigenvalue weighted by Crippen LogP contribution is -2.19. The molecule has 1 amide bonds. The summed E-state index contributed by atoms with van der Waals surface area (Å²) < 4.78 is 0. The highest BCUT2D eigenvalue weighted by Gasteiger charge is 2.00. The van der Waals surface area contributed by atoms with Crippen LogP contribution in [0, 0.1) is 0 Å². The number of nitrogens with zero attached hydrogens (tertiary/aromatic N) is 1. The molecule has 0 aromatic heterocycles. The molecule has 4 heteroatoms. The molecule has 0 saturated carbocycles. The Balaban J connectivity index is 1.69. The van der Waals surface area contributed by atoms with Gasteiger partial charge < -0.3 is 0 Å². The number of carbonyl (C=O) groups is 1. The van der Waals surface area contributed by atoms with Gasteiger partial charge in [0.1, 0.15) is 0 Å². The van der Waals surface area contributed by atoms with Crippen LogP contribution in [0.15, 0.2) is 76.7 Å². The second-order valence-corrected chi connectivity index (χ2v) is 5.23. The standard InChI is InChI=1S/C17H16N2OS/c20-17(14-21-16-11-5-2-6-12-16)19-18-13-7-10-15-8-3-1-4-9-15/h1-13H,14H2,(H,19,20). The van der Waals surface area contributed by atoms with Crippen LogP contribution in [0.3, 0.4) is 0 Å². The highest BCUT2D eigenvalue weighted by molar-refractivity contribution is 8.00. The van der Waals surface area contributed by atoms with E-state index >= 15 is 0 Å². The van der Waals surface area contributed by atoms with Gasteiger partial charge in [0.25, 0.3) is 0 Å².